The summed E-state index contributed by atoms with van der Waals surface area (Å²) < 4.78 is 15.3. The van der Waals surface area contributed by atoms with E-state index in [1.54, 1.807) is 16.8 Å². The molecule has 2 rings (SSSR count). The smallest absolute Gasteiger partial charge is 0.130 e. The maximum Gasteiger partial charge on any atom is 0.130 e. The molecule has 2 N–H and O–H groups in total. The quantitative estimate of drug-likeness (QED) is 0.787. The van der Waals surface area contributed by atoms with Crippen LogP contribution < -0.4 is 5.73 Å². The normalized spacial score (nSPS) is 10.7. The highest BCUT2D eigenvalue weighted by Gasteiger charge is 2.09. The van der Waals surface area contributed by atoms with Crippen LogP contribution in [0, 0.1) is 19.7 Å². The van der Waals surface area contributed by atoms with Gasteiger partial charge in [-0.25, -0.2) is 4.39 Å². The maximum atomic E-state index is 13.6. The van der Waals surface area contributed by atoms with E-state index in [-0.39, 0.29) is 5.82 Å². The number of benzene rings is 1. The average molecular weight is 219 g/mol. The zero-order valence-corrected chi connectivity index (χ0v) is 9.37. The summed E-state index contributed by atoms with van der Waals surface area (Å²) in [4.78, 5) is 0. The molecule has 0 aliphatic heterocycles. The fourth-order valence-electron chi connectivity index (χ4n) is 1.73. The highest BCUT2D eigenvalue weighted by atomic mass is 19.1. The Balaban J connectivity index is 2.37. The van der Waals surface area contributed by atoms with Gasteiger partial charge in [-0.3, -0.25) is 4.68 Å². The second kappa shape index (κ2) is 3.96. The van der Waals surface area contributed by atoms with E-state index in [0.29, 0.717) is 17.8 Å². The van der Waals surface area contributed by atoms with Crippen molar-refractivity contribution in [3.8, 4) is 0 Å². The van der Waals surface area contributed by atoms with E-state index in [1.807, 2.05) is 19.9 Å². The first-order valence-electron chi connectivity index (χ1n) is 5.12. The van der Waals surface area contributed by atoms with Gasteiger partial charge in [-0.05, 0) is 32.0 Å². The second-order valence-corrected chi connectivity index (χ2v) is 3.89. The third-order valence-electron chi connectivity index (χ3n) is 2.57. The van der Waals surface area contributed by atoms with Crippen LogP contribution in [0.3, 0.4) is 0 Å². The van der Waals surface area contributed by atoms with Crippen molar-refractivity contribution in [1.29, 1.82) is 0 Å². The van der Waals surface area contributed by atoms with Gasteiger partial charge in [0.25, 0.3) is 0 Å². The fourth-order valence-corrected chi connectivity index (χ4v) is 1.73. The number of nitrogens with two attached hydrogens (primary N) is 1. The first-order valence-corrected chi connectivity index (χ1v) is 5.12. The molecule has 0 amide bonds. The third kappa shape index (κ3) is 1.91. The van der Waals surface area contributed by atoms with Gasteiger partial charge in [-0.2, -0.15) is 5.10 Å². The molecule has 0 fully saturated rings. The van der Waals surface area contributed by atoms with Crippen molar-refractivity contribution in [2.45, 2.75) is 20.4 Å². The number of aryl methyl sites for hydroxylation is 2. The number of aromatic nitrogens is 2. The van der Waals surface area contributed by atoms with Crippen LogP contribution >= 0.6 is 0 Å². The minimum atomic E-state index is -0.285. The summed E-state index contributed by atoms with van der Waals surface area (Å²) in [5, 5.41) is 4.28. The minimum Gasteiger partial charge on any atom is -0.398 e. The van der Waals surface area contributed by atoms with Crippen LogP contribution in [0.1, 0.15) is 17.0 Å². The van der Waals surface area contributed by atoms with Gasteiger partial charge in [0.15, 0.2) is 0 Å². The molecule has 0 saturated heterocycles. The van der Waals surface area contributed by atoms with E-state index in [4.69, 9.17) is 5.73 Å². The highest BCUT2D eigenvalue weighted by Crippen LogP contribution is 2.17. The van der Waals surface area contributed by atoms with Crippen LogP contribution in [0.15, 0.2) is 24.3 Å². The summed E-state index contributed by atoms with van der Waals surface area (Å²) in [6.07, 6.45) is 0. The van der Waals surface area contributed by atoms with Gasteiger partial charge in [0.05, 0.1) is 12.2 Å². The molecule has 0 radical (unpaired) electrons. The maximum absolute atomic E-state index is 13.6. The van der Waals surface area contributed by atoms with Gasteiger partial charge < -0.3 is 5.73 Å². The molecule has 0 spiro atoms. The fraction of sp³-hybridized carbons (Fsp3) is 0.250. The summed E-state index contributed by atoms with van der Waals surface area (Å²) in [5.74, 6) is -0.285. The van der Waals surface area contributed by atoms with Crippen LogP contribution in [-0.4, -0.2) is 9.78 Å². The molecule has 84 valence electrons. The second-order valence-electron chi connectivity index (χ2n) is 3.89. The lowest BCUT2D eigenvalue weighted by Crippen LogP contribution is -2.08. The Kier molecular flexibility index (Phi) is 2.64. The first-order chi connectivity index (χ1) is 7.58. The molecular formula is C12H14FN3. The summed E-state index contributed by atoms with van der Waals surface area (Å²) in [6.45, 7) is 4.23. The largest absolute Gasteiger partial charge is 0.398 e. The minimum absolute atomic E-state index is 0.285. The molecule has 0 aliphatic carbocycles. The Labute approximate surface area is 93.7 Å². The molecule has 0 aliphatic rings. The van der Waals surface area contributed by atoms with E-state index in [9.17, 15) is 4.39 Å². The molecule has 0 unspecified atom stereocenters. The molecule has 0 saturated carbocycles. The van der Waals surface area contributed by atoms with Crippen molar-refractivity contribution in [2.75, 3.05) is 5.73 Å². The van der Waals surface area contributed by atoms with Gasteiger partial charge in [0, 0.05) is 16.9 Å². The van der Waals surface area contributed by atoms with Crippen LogP contribution in [0.5, 0.6) is 0 Å². The van der Waals surface area contributed by atoms with E-state index < -0.39 is 0 Å². The number of anilines is 1. The third-order valence-corrected chi connectivity index (χ3v) is 2.57. The summed E-state index contributed by atoms with van der Waals surface area (Å²) >= 11 is 0. The lowest BCUT2D eigenvalue weighted by Gasteiger charge is -2.08. The summed E-state index contributed by atoms with van der Waals surface area (Å²) in [6, 6.07) is 6.67. The molecule has 16 heavy (non-hydrogen) atoms. The lowest BCUT2D eigenvalue weighted by molar-refractivity contribution is 0.580. The predicted octanol–water partition coefficient (Wildman–Crippen LogP) is 2.27. The van der Waals surface area contributed by atoms with Crippen LogP contribution in [0.25, 0.3) is 0 Å². The molecule has 1 aromatic heterocycles. The van der Waals surface area contributed by atoms with Crippen molar-refractivity contribution < 1.29 is 4.39 Å². The van der Waals surface area contributed by atoms with E-state index in [0.717, 1.165) is 11.4 Å². The highest BCUT2D eigenvalue weighted by molar-refractivity contribution is 5.47. The Hall–Kier alpha value is -1.84. The molecule has 4 heteroatoms. The predicted molar refractivity (Wildman–Crippen MR) is 61.6 cm³/mol. The Morgan fingerprint density at radius 2 is 2.12 bits per heavy atom. The lowest BCUT2D eigenvalue weighted by atomic mass is 10.1. The number of nitrogens with zero attached hydrogens (tertiary/aromatic N) is 2. The van der Waals surface area contributed by atoms with Crippen LogP contribution in [0.2, 0.25) is 0 Å². The van der Waals surface area contributed by atoms with E-state index >= 15 is 0 Å². The Morgan fingerprint density at radius 3 is 2.69 bits per heavy atom. The van der Waals surface area contributed by atoms with E-state index in [2.05, 4.69) is 5.10 Å². The van der Waals surface area contributed by atoms with Gasteiger partial charge >= 0.3 is 0 Å². The van der Waals surface area contributed by atoms with Gasteiger partial charge in [-0.1, -0.05) is 6.07 Å². The summed E-state index contributed by atoms with van der Waals surface area (Å²) in [7, 11) is 0. The Bertz CT molecular complexity index is 497. The number of halogens is 1. The average Bonchev–Trinajstić information content (AvgIpc) is 2.51. The molecule has 1 aromatic carbocycles. The topological polar surface area (TPSA) is 43.8 Å². The van der Waals surface area contributed by atoms with Crippen molar-refractivity contribution in [2.24, 2.45) is 0 Å². The van der Waals surface area contributed by atoms with Crippen molar-refractivity contribution in [3.05, 3.63) is 47.0 Å². The number of nitrogen functional groups attached to an aromatic ring is 1. The molecule has 0 atom stereocenters. The SMILES string of the molecule is Cc1cc(C)n(Cc2c(N)cccc2F)n1. The van der Waals surface area contributed by atoms with Crippen molar-refractivity contribution in [1.82, 2.24) is 9.78 Å². The van der Waals surface area contributed by atoms with Crippen LogP contribution in [-0.2, 0) is 6.54 Å². The monoisotopic (exact) mass is 219 g/mol. The van der Waals surface area contributed by atoms with Gasteiger partial charge in [0.2, 0.25) is 0 Å². The zero-order chi connectivity index (χ0) is 11.7. The first kappa shape index (κ1) is 10.7. The molecule has 0 bridgehead atoms. The zero-order valence-electron chi connectivity index (χ0n) is 9.37. The molecule has 1 heterocycles. The molecular weight excluding hydrogens is 205 g/mol. The number of hydrogen-bond donors (Lipinski definition) is 1. The van der Waals surface area contributed by atoms with Crippen molar-refractivity contribution >= 4 is 5.69 Å². The molecule has 3 nitrogen and oxygen atoms in total. The summed E-state index contributed by atoms with van der Waals surface area (Å²) in [5.41, 5.74) is 8.63. The van der Waals surface area contributed by atoms with Crippen molar-refractivity contribution in [3.63, 3.8) is 0 Å². The number of hydrogen-bond acceptors (Lipinski definition) is 2. The van der Waals surface area contributed by atoms with Gasteiger partial charge in [0.1, 0.15) is 5.82 Å². The molecule has 2 aromatic rings. The Morgan fingerprint density at radius 1 is 1.38 bits per heavy atom. The standard InChI is InChI=1S/C12H14FN3/c1-8-6-9(2)16(15-8)7-10-11(13)4-3-5-12(10)14/h3-6H,7,14H2,1-2H3. The number of rotatable bonds is 2. The van der Waals surface area contributed by atoms with Gasteiger partial charge in [-0.15, -0.1) is 0 Å². The van der Waals surface area contributed by atoms with Crippen LogP contribution in [0.4, 0.5) is 10.1 Å². The van der Waals surface area contributed by atoms with E-state index in [1.165, 1.54) is 6.07 Å².